The number of aryl methyl sites for hydroxylation is 1. The zero-order valence-corrected chi connectivity index (χ0v) is 24.0. The molecule has 2 heterocycles. The number of ether oxygens (including phenoxy) is 1. The van der Waals surface area contributed by atoms with Gasteiger partial charge >= 0.3 is 0 Å². The number of nitrogens with zero attached hydrogens (tertiary/aromatic N) is 3. The molecule has 0 aliphatic heterocycles. The fraction of sp³-hybridized carbons (Fsp3) is 0.172. The summed E-state index contributed by atoms with van der Waals surface area (Å²) in [7, 11) is 1.59. The van der Waals surface area contributed by atoms with Gasteiger partial charge in [0.05, 0.1) is 34.0 Å². The second-order valence-corrected chi connectivity index (χ2v) is 10.8. The number of imidazole rings is 1. The van der Waals surface area contributed by atoms with Crippen LogP contribution in [0.15, 0.2) is 71.9 Å². The van der Waals surface area contributed by atoms with E-state index in [1.165, 1.54) is 16.7 Å². The van der Waals surface area contributed by atoms with Gasteiger partial charge in [0.25, 0.3) is 0 Å². The molecule has 11 heteroatoms. The maximum absolute atomic E-state index is 12.9. The number of hydrogen-bond donors (Lipinski definition) is 2. The van der Waals surface area contributed by atoms with Crippen molar-refractivity contribution in [1.82, 2.24) is 20.3 Å². The van der Waals surface area contributed by atoms with Crippen molar-refractivity contribution in [2.45, 2.75) is 18.7 Å². The van der Waals surface area contributed by atoms with Crippen LogP contribution in [0.1, 0.15) is 11.3 Å². The highest BCUT2D eigenvalue weighted by Gasteiger charge is 2.20. The standard InChI is InChI=1S/C29H25Cl2N5O3S/c1-17-10-11-18-6-5-9-24(28(18)33-17)39-15-19-20(30)12-13-23(27(19)31)36(2)26(38)14-32-25(37)16-40-29-34-21-7-3-4-8-22(21)35-29/h3-13H,14-16H2,1-2H3,(H,32,37)(H,34,35). The van der Waals surface area contributed by atoms with Crippen molar-refractivity contribution < 1.29 is 14.3 Å². The highest BCUT2D eigenvalue weighted by molar-refractivity contribution is 7.99. The van der Waals surface area contributed by atoms with Gasteiger partial charge < -0.3 is 19.9 Å². The van der Waals surface area contributed by atoms with Crippen molar-refractivity contribution in [2.75, 3.05) is 24.2 Å². The van der Waals surface area contributed by atoms with Gasteiger partial charge in [-0.25, -0.2) is 9.97 Å². The van der Waals surface area contributed by atoms with Gasteiger partial charge in [0, 0.05) is 28.7 Å². The number of fused-ring (bicyclic) bond motifs is 2. The van der Waals surface area contributed by atoms with E-state index in [4.69, 9.17) is 27.9 Å². The predicted molar refractivity (Wildman–Crippen MR) is 161 cm³/mol. The van der Waals surface area contributed by atoms with Crippen molar-refractivity contribution in [2.24, 2.45) is 0 Å². The molecule has 0 saturated heterocycles. The van der Waals surface area contributed by atoms with E-state index in [0.717, 1.165) is 27.6 Å². The van der Waals surface area contributed by atoms with Gasteiger partial charge in [0.15, 0.2) is 5.16 Å². The molecule has 0 radical (unpaired) electrons. The molecule has 3 aromatic carbocycles. The molecule has 2 amide bonds. The molecule has 0 spiro atoms. The summed E-state index contributed by atoms with van der Waals surface area (Å²) in [5.74, 6) is 0.0865. The van der Waals surface area contributed by atoms with E-state index >= 15 is 0 Å². The number of aromatic nitrogens is 3. The lowest BCUT2D eigenvalue weighted by atomic mass is 10.1. The van der Waals surface area contributed by atoms with E-state index in [9.17, 15) is 9.59 Å². The predicted octanol–water partition coefficient (Wildman–Crippen LogP) is 6.18. The number of hydrogen-bond acceptors (Lipinski definition) is 6. The van der Waals surface area contributed by atoms with Gasteiger partial charge in [0.1, 0.15) is 17.9 Å². The number of rotatable bonds is 9. The van der Waals surface area contributed by atoms with E-state index in [1.54, 1.807) is 19.2 Å². The summed E-state index contributed by atoms with van der Waals surface area (Å²) >= 11 is 14.4. The Morgan fingerprint density at radius 2 is 1.85 bits per heavy atom. The summed E-state index contributed by atoms with van der Waals surface area (Å²) in [6.07, 6.45) is 0. The van der Waals surface area contributed by atoms with Crippen molar-refractivity contribution >= 4 is 74.4 Å². The number of anilines is 1. The first-order valence-corrected chi connectivity index (χ1v) is 14.1. The van der Waals surface area contributed by atoms with E-state index in [2.05, 4.69) is 20.3 Å². The Balaban J connectivity index is 1.20. The summed E-state index contributed by atoms with van der Waals surface area (Å²) in [5.41, 5.74) is 4.34. The lowest BCUT2D eigenvalue weighted by Crippen LogP contribution is -2.39. The Hall–Kier alpha value is -3.79. The van der Waals surface area contributed by atoms with Gasteiger partial charge in [0.2, 0.25) is 11.8 Å². The molecule has 0 aliphatic rings. The minimum atomic E-state index is -0.341. The van der Waals surface area contributed by atoms with Gasteiger partial charge in [-0.1, -0.05) is 65.3 Å². The van der Waals surface area contributed by atoms with E-state index in [-0.39, 0.29) is 30.7 Å². The first kappa shape index (κ1) is 27.8. The number of thioether (sulfide) groups is 1. The lowest BCUT2D eigenvalue weighted by molar-refractivity contribution is -0.123. The van der Waals surface area contributed by atoms with E-state index in [1.807, 2.05) is 61.5 Å². The number of amides is 2. The van der Waals surface area contributed by atoms with E-state index in [0.29, 0.717) is 32.2 Å². The highest BCUT2D eigenvalue weighted by Crippen LogP contribution is 2.35. The highest BCUT2D eigenvalue weighted by atomic mass is 35.5. The number of carbonyl (C=O) groups is 2. The largest absolute Gasteiger partial charge is 0.487 e. The summed E-state index contributed by atoms with van der Waals surface area (Å²) in [6.45, 7) is 1.81. The summed E-state index contributed by atoms with van der Waals surface area (Å²) in [5, 5.41) is 4.95. The second-order valence-electron chi connectivity index (χ2n) is 9.01. The number of carbonyl (C=O) groups excluding carboxylic acids is 2. The van der Waals surface area contributed by atoms with Crippen LogP contribution in [-0.4, -0.2) is 46.1 Å². The van der Waals surface area contributed by atoms with Crippen molar-refractivity contribution in [3.8, 4) is 5.75 Å². The Morgan fingerprint density at radius 3 is 2.67 bits per heavy atom. The van der Waals surface area contributed by atoms with Crippen molar-refractivity contribution in [3.63, 3.8) is 0 Å². The van der Waals surface area contributed by atoms with Crippen LogP contribution in [0.25, 0.3) is 21.9 Å². The summed E-state index contributed by atoms with van der Waals surface area (Å²) < 4.78 is 6.08. The van der Waals surface area contributed by atoms with Crippen LogP contribution in [0.5, 0.6) is 5.75 Å². The first-order chi connectivity index (χ1) is 19.3. The maximum Gasteiger partial charge on any atom is 0.246 e. The number of halogens is 2. The van der Waals surface area contributed by atoms with Gasteiger partial charge in [-0.3, -0.25) is 9.59 Å². The lowest BCUT2D eigenvalue weighted by Gasteiger charge is -2.21. The summed E-state index contributed by atoms with van der Waals surface area (Å²) in [4.78, 5) is 38.9. The average Bonchev–Trinajstić information content (AvgIpc) is 3.37. The van der Waals surface area contributed by atoms with Crippen LogP contribution in [-0.2, 0) is 16.2 Å². The molecular formula is C29H25Cl2N5O3S. The second kappa shape index (κ2) is 12.2. The third-order valence-electron chi connectivity index (χ3n) is 6.24. The van der Waals surface area contributed by atoms with Crippen LogP contribution in [0.2, 0.25) is 10.0 Å². The van der Waals surface area contributed by atoms with Crippen molar-refractivity contribution in [3.05, 3.63) is 88.0 Å². The number of para-hydroxylation sites is 3. The molecule has 2 N–H and O–H groups in total. The third kappa shape index (κ3) is 6.17. The van der Waals surface area contributed by atoms with Crippen LogP contribution in [0.3, 0.4) is 0 Å². The molecule has 40 heavy (non-hydrogen) atoms. The van der Waals surface area contributed by atoms with Gasteiger partial charge in [-0.15, -0.1) is 0 Å². The number of pyridine rings is 1. The van der Waals surface area contributed by atoms with Gasteiger partial charge in [-0.05, 0) is 43.3 Å². The molecule has 8 nitrogen and oxygen atoms in total. The topological polar surface area (TPSA) is 100 Å². The van der Waals surface area contributed by atoms with Crippen LogP contribution in [0.4, 0.5) is 5.69 Å². The minimum Gasteiger partial charge on any atom is -0.487 e. The number of likely N-dealkylation sites (N-methyl/N-ethyl adjacent to an activating group) is 1. The SMILES string of the molecule is Cc1ccc2cccc(OCc3c(Cl)ccc(N(C)C(=O)CNC(=O)CSc4nc5ccccc5[nH]4)c3Cl)c2n1. The number of nitrogens with one attached hydrogen (secondary N) is 2. The Morgan fingerprint density at radius 1 is 1.02 bits per heavy atom. The first-order valence-electron chi connectivity index (χ1n) is 12.4. The molecule has 0 atom stereocenters. The molecule has 0 unspecified atom stereocenters. The molecule has 0 bridgehead atoms. The number of H-pyrrole nitrogens is 1. The van der Waals surface area contributed by atoms with Crippen LogP contribution >= 0.6 is 35.0 Å². The molecule has 5 aromatic rings. The normalized spacial score (nSPS) is 11.1. The molecular weight excluding hydrogens is 569 g/mol. The average molecular weight is 595 g/mol. The molecule has 5 rings (SSSR count). The fourth-order valence-electron chi connectivity index (χ4n) is 4.07. The Bertz CT molecular complexity index is 1690. The monoisotopic (exact) mass is 593 g/mol. The molecule has 204 valence electrons. The maximum atomic E-state index is 12.9. The van der Waals surface area contributed by atoms with Gasteiger partial charge in [-0.2, -0.15) is 0 Å². The zero-order valence-electron chi connectivity index (χ0n) is 21.7. The smallest absolute Gasteiger partial charge is 0.246 e. The molecule has 2 aromatic heterocycles. The molecule has 0 aliphatic carbocycles. The van der Waals surface area contributed by atoms with Crippen LogP contribution < -0.4 is 15.0 Å². The fourth-order valence-corrected chi connectivity index (χ4v) is 5.39. The molecule has 0 saturated carbocycles. The minimum absolute atomic E-state index is 0.0814. The summed E-state index contributed by atoms with van der Waals surface area (Å²) in [6, 6.07) is 20.6. The Kier molecular flexibility index (Phi) is 8.44. The zero-order chi connectivity index (χ0) is 28.2. The third-order valence-corrected chi connectivity index (χ3v) is 7.89. The van der Waals surface area contributed by atoms with E-state index < -0.39 is 0 Å². The Labute approximate surface area is 245 Å². The van der Waals surface area contributed by atoms with Crippen LogP contribution in [0, 0.1) is 6.92 Å². The van der Waals surface area contributed by atoms with Crippen molar-refractivity contribution in [1.29, 1.82) is 0 Å². The number of aromatic amines is 1. The number of benzene rings is 3. The molecule has 0 fully saturated rings. The quantitative estimate of drug-likeness (QED) is 0.198.